The molecule has 2 aromatic rings. The molecule has 3 rings (SSSR count). The van der Waals surface area contributed by atoms with Crippen LogP contribution in [0.25, 0.3) is 6.08 Å². The lowest BCUT2D eigenvalue weighted by Gasteiger charge is -2.27. The van der Waals surface area contributed by atoms with E-state index in [1.807, 2.05) is 30.3 Å². The number of nitrogens with zero attached hydrogens (tertiary/aromatic N) is 1. The minimum atomic E-state index is -0.199. The summed E-state index contributed by atoms with van der Waals surface area (Å²) in [6, 6.07) is 10.0. The number of nitrogens with one attached hydrogen (secondary N) is 1. The number of hydrogen-bond acceptors (Lipinski definition) is 3. The number of anilines is 1. The quantitative estimate of drug-likeness (QED) is 0.390. The van der Waals surface area contributed by atoms with Gasteiger partial charge in [0.1, 0.15) is 5.75 Å². The fourth-order valence-electron chi connectivity index (χ4n) is 4.28. The monoisotopic (exact) mass is 468 g/mol. The standard InChI is InChI=1S/C28H37ClN2O2/c1-27(2,3)22-16-19(17-23(26(22)33)28(4,5)6)8-11-25(32)30-13-7-14-31-15-12-20-18-21(29)9-10-24(20)31/h8-11,16-18,33H,7,12-15H2,1-6H3,(H,30,32)/b11-8+. The average Bonchev–Trinajstić information content (AvgIpc) is 3.10. The van der Waals surface area contributed by atoms with E-state index in [1.165, 1.54) is 11.3 Å². The van der Waals surface area contributed by atoms with E-state index in [4.69, 9.17) is 11.6 Å². The van der Waals surface area contributed by atoms with Crippen molar-refractivity contribution >= 4 is 29.3 Å². The number of hydrogen-bond donors (Lipinski definition) is 2. The third-order valence-corrected chi connectivity index (χ3v) is 6.35. The summed E-state index contributed by atoms with van der Waals surface area (Å²) in [7, 11) is 0. The minimum Gasteiger partial charge on any atom is -0.507 e. The highest BCUT2D eigenvalue weighted by atomic mass is 35.5. The Hall–Kier alpha value is -2.46. The second-order valence-electron chi connectivity index (χ2n) is 11.0. The van der Waals surface area contributed by atoms with Gasteiger partial charge in [0.25, 0.3) is 0 Å². The SMILES string of the molecule is CC(C)(C)c1cc(/C=C/C(=O)NCCCN2CCc3cc(Cl)ccc32)cc(C(C)(C)C)c1O. The number of carbonyl (C=O) groups excluding carboxylic acids is 1. The zero-order chi connectivity index (χ0) is 24.4. The van der Waals surface area contributed by atoms with Gasteiger partial charge in [-0.05, 0) is 71.2 Å². The van der Waals surface area contributed by atoms with Crippen molar-refractivity contribution in [3.63, 3.8) is 0 Å². The Bertz CT molecular complexity index is 1010. The first kappa shape index (κ1) is 25.2. The van der Waals surface area contributed by atoms with Crippen LogP contribution in [0.1, 0.15) is 70.2 Å². The number of carbonyl (C=O) groups is 1. The lowest BCUT2D eigenvalue weighted by Crippen LogP contribution is -2.28. The van der Waals surface area contributed by atoms with Gasteiger partial charge in [-0.2, -0.15) is 0 Å². The summed E-state index contributed by atoms with van der Waals surface area (Å²) in [5.74, 6) is 0.244. The number of fused-ring (bicyclic) bond motifs is 1. The van der Waals surface area contributed by atoms with Crippen molar-refractivity contribution in [1.29, 1.82) is 0 Å². The number of halogens is 1. The summed E-state index contributed by atoms with van der Waals surface area (Å²) >= 11 is 6.09. The molecule has 0 unspecified atom stereocenters. The number of rotatable bonds is 6. The Morgan fingerprint density at radius 3 is 2.33 bits per heavy atom. The van der Waals surface area contributed by atoms with Crippen LogP contribution in [0.4, 0.5) is 5.69 Å². The van der Waals surface area contributed by atoms with Crippen LogP contribution in [0.3, 0.4) is 0 Å². The molecule has 33 heavy (non-hydrogen) atoms. The first-order valence-corrected chi connectivity index (χ1v) is 12.1. The van der Waals surface area contributed by atoms with Gasteiger partial charge in [-0.25, -0.2) is 0 Å². The highest BCUT2D eigenvalue weighted by Gasteiger charge is 2.26. The van der Waals surface area contributed by atoms with Gasteiger partial charge in [-0.3, -0.25) is 4.79 Å². The number of aromatic hydroxyl groups is 1. The molecular formula is C28H37ClN2O2. The molecule has 0 radical (unpaired) electrons. The summed E-state index contributed by atoms with van der Waals surface area (Å²) in [6.07, 6.45) is 5.31. The first-order chi connectivity index (χ1) is 15.4. The van der Waals surface area contributed by atoms with Crippen molar-refractivity contribution in [2.75, 3.05) is 24.5 Å². The van der Waals surface area contributed by atoms with Crippen molar-refractivity contribution in [2.45, 2.75) is 65.2 Å². The third-order valence-electron chi connectivity index (χ3n) is 6.11. The second kappa shape index (κ2) is 9.80. The topological polar surface area (TPSA) is 52.6 Å². The fourth-order valence-corrected chi connectivity index (χ4v) is 4.47. The molecule has 1 aliphatic rings. The summed E-state index contributed by atoms with van der Waals surface area (Å²) in [6.45, 7) is 15.0. The van der Waals surface area contributed by atoms with Crippen LogP contribution in [-0.2, 0) is 22.0 Å². The summed E-state index contributed by atoms with van der Waals surface area (Å²) < 4.78 is 0. The third kappa shape index (κ3) is 6.32. The molecule has 0 atom stereocenters. The highest BCUT2D eigenvalue weighted by molar-refractivity contribution is 6.30. The Balaban J connectivity index is 1.59. The van der Waals surface area contributed by atoms with E-state index in [-0.39, 0.29) is 16.7 Å². The maximum Gasteiger partial charge on any atom is 0.244 e. The lowest BCUT2D eigenvalue weighted by molar-refractivity contribution is -0.116. The molecule has 1 heterocycles. The second-order valence-corrected chi connectivity index (χ2v) is 11.4. The molecule has 4 nitrogen and oxygen atoms in total. The van der Waals surface area contributed by atoms with Gasteiger partial charge >= 0.3 is 0 Å². The van der Waals surface area contributed by atoms with Crippen molar-refractivity contribution in [1.82, 2.24) is 5.32 Å². The maximum absolute atomic E-state index is 12.4. The zero-order valence-corrected chi connectivity index (χ0v) is 21.5. The number of phenolic OH excluding ortho intramolecular Hbond substituents is 1. The van der Waals surface area contributed by atoms with E-state index >= 15 is 0 Å². The van der Waals surface area contributed by atoms with Crippen molar-refractivity contribution < 1.29 is 9.90 Å². The Morgan fingerprint density at radius 2 is 1.73 bits per heavy atom. The summed E-state index contributed by atoms with van der Waals surface area (Å²) in [5.41, 5.74) is 4.86. The predicted molar refractivity (Wildman–Crippen MR) is 140 cm³/mol. The molecule has 0 fully saturated rings. The molecular weight excluding hydrogens is 432 g/mol. The largest absolute Gasteiger partial charge is 0.507 e. The average molecular weight is 469 g/mol. The molecule has 1 amide bonds. The summed E-state index contributed by atoms with van der Waals surface area (Å²) in [5, 5.41) is 14.6. The molecule has 2 N–H and O–H groups in total. The minimum absolute atomic E-state index is 0.105. The normalized spacial score (nSPS) is 14.1. The van der Waals surface area contributed by atoms with E-state index in [9.17, 15) is 9.90 Å². The summed E-state index contributed by atoms with van der Waals surface area (Å²) in [4.78, 5) is 14.8. The molecule has 1 aliphatic heterocycles. The number of benzene rings is 2. The van der Waals surface area contributed by atoms with Gasteiger partial charge in [-0.15, -0.1) is 0 Å². The van der Waals surface area contributed by atoms with Gasteiger partial charge in [0.2, 0.25) is 5.91 Å². The van der Waals surface area contributed by atoms with Crippen LogP contribution >= 0.6 is 11.6 Å². The number of phenols is 1. The molecule has 0 aliphatic carbocycles. The van der Waals surface area contributed by atoms with Crippen LogP contribution in [0.5, 0.6) is 5.75 Å². The van der Waals surface area contributed by atoms with Gasteiger partial charge < -0.3 is 15.3 Å². The van der Waals surface area contributed by atoms with Crippen LogP contribution in [0.2, 0.25) is 5.02 Å². The highest BCUT2D eigenvalue weighted by Crippen LogP contribution is 2.40. The fraction of sp³-hybridized carbons (Fsp3) is 0.464. The molecule has 2 aromatic carbocycles. The maximum atomic E-state index is 12.4. The van der Waals surface area contributed by atoms with Crippen LogP contribution in [0.15, 0.2) is 36.4 Å². The lowest BCUT2D eigenvalue weighted by atomic mass is 9.78. The molecule has 0 saturated carbocycles. The predicted octanol–water partition coefficient (Wildman–Crippen LogP) is 6.22. The van der Waals surface area contributed by atoms with Crippen LogP contribution in [-0.4, -0.2) is 30.6 Å². The Kier molecular flexibility index (Phi) is 7.48. The van der Waals surface area contributed by atoms with Crippen molar-refractivity contribution in [3.8, 4) is 5.75 Å². The Morgan fingerprint density at radius 1 is 1.09 bits per heavy atom. The molecule has 5 heteroatoms. The Labute approximate surface area is 203 Å². The van der Waals surface area contributed by atoms with Crippen molar-refractivity contribution in [3.05, 3.63) is 63.7 Å². The smallest absolute Gasteiger partial charge is 0.244 e. The van der Waals surface area contributed by atoms with Crippen LogP contribution in [0, 0.1) is 0 Å². The molecule has 0 bridgehead atoms. The van der Waals surface area contributed by atoms with E-state index in [0.29, 0.717) is 12.3 Å². The zero-order valence-electron chi connectivity index (χ0n) is 20.8. The molecule has 0 aromatic heterocycles. The first-order valence-electron chi connectivity index (χ1n) is 11.7. The number of amides is 1. The van der Waals surface area contributed by atoms with Crippen LogP contribution < -0.4 is 10.2 Å². The van der Waals surface area contributed by atoms with Crippen molar-refractivity contribution in [2.24, 2.45) is 0 Å². The van der Waals surface area contributed by atoms with Gasteiger partial charge in [0.05, 0.1) is 0 Å². The van der Waals surface area contributed by atoms with Gasteiger partial charge in [-0.1, -0.05) is 53.1 Å². The van der Waals surface area contributed by atoms with E-state index in [1.54, 1.807) is 6.08 Å². The van der Waals surface area contributed by atoms with E-state index in [2.05, 4.69) is 57.8 Å². The molecule has 0 saturated heterocycles. The molecule has 0 spiro atoms. The van der Waals surface area contributed by atoms with Gasteiger partial charge in [0.15, 0.2) is 0 Å². The van der Waals surface area contributed by atoms with E-state index in [0.717, 1.165) is 47.6 Å². The van der Waals surface area contributed by atoms with Gasteiger partial charge in [0, 0.05) is 47.5 Å². The van der Waals surface area contributed by atoms with E-state index < -0.39 is 0 Å². The molecule has 178 valence electrons.